The van der Waals surface area contributed by atoms with Crippen LogP contribution in [-0.2, 0) is 5.41 Å². The van der Waals surface area contributed by atoms with E-state index >= 15 is 0 Å². The molecule has 0 aliphatic heterocycles. The van der Waals surface area contributed by atoms with E-state index in [4.69, 9.17) is 20.9 Å². The summed E-state index contributed by atoms with van der Waals surface area (Å²) >= 11 is 0. The SMILES string of the molecule is CC(C)(c1cccc(OC(=O)c2cccc(N)c2)c1)c1cccc(OC(=O)c2cccc(N)c2)c1. The standard InChI is InChI=1S/C29H26N2O4/c1-29(2,21-9-5-13-25(17-21)34-27(32)19-7-3-11-23(30)15-19)22-10-6-14-26(18-22)35-28(33)20-8-4-12-24(31)16-20/h3-18H,30-31H2,1-2H3. The summed E-state index contributed by atoms with van der Waals surface area (Å²) in [6.07, 6.45) is 0. The average Bonchev–Trinajstić information content (AvgIpc) is 2.84. The van der Waals surface area contributed by atoms with Gasteiger partial charge in [0.2, 0.25) is 0 Å². The second kappa shape index (κ2) is 9.73. The predicted molar refractivity (Wildman–Crippen MR) is 137 cm³/mol. The summed E-state index contributed by atoms with van der Waals surface area (Å²) in [6, 6.07) is 28.0. The molecule has 0 aromatic heterocycles. The summed E-state index contributed by atoms with van der Waals surface area (Å²) in [4.78, 5) is 25.1. The number of benzene rings is 4. The van der Waals surface area contributed by atoms with Gasteiger partial charge in [-0.25, -0.2) is 9.59 Å². The number of esters is 2. The van der Waals surface area contributed by atoms with Gasteiger partial charge in [0.1, 0.15) is 11.5 Å². The van der Waals surface area contributed by atoms with Crippen molar-refractivity contribution in [3.05, 3.63) is 119 Å². The molecule has 35 heavy (non-hydrogen) atoms. The zero-order valence-electron chi connectivity index (χ0n) is 19.5. The Hall–Kier alpha value is -4.58. The normalized spacial score (nSPS) is 11.0. The van der Waals surface area contributed by atoms with Crippen molar-refractivity contribution in [3.63, 3.8) is 0 Å². The van der Waals surface area contributed by atoms with Crippen LogP contribution in [0.25, 0.3) is 0 Å². The number of nitrogens with two attached hydrogens (primary N) is 2. The van der Waals surface area contributed by atoms with Crippen molar-refractivity contribution in [1.29, 1.82) is 0 Å². The molecule has 0 aliphatic carbocycles. The number of hydrogen-bond donors (Lipinski definition) is 2. The molecule has 6 heteroatoms. The Bertz CT molecular complexity index is 1290. The predicted octanol–water partition coefficient (Wildman–Crippen LogP) is 5.62. The van der Waals surface area contributed by atoms with Crippen LogP contribution in [0.2, 0.25) is 0 Å². The van der Waals surface area contributed by atoms with E-state index in [-0.39, 0.29) is 0 Å². The molecule has 6 nitrogen and oxygen atoms in total. The molecule has 4 aromatic rings. The zero-order chi connectivity index (χ0) is 25.0. The van der Waals surface area contributed by atoms with Gasteiger partial charge in [0.05, 0.1) is 11.1 Å². The maximum atomic E-state index is 12.5. The van der Waals surface area contributed by atoms with Crippen LogP contribution in [0.4, 0.5) is 11.4 Å². The van der Waals surface area contributed by atoms with Gasteiger partial charge in [-0.15, -0.1) is 0 Å². The molecule has 0 amide bonds. The van der Waals surface area contributed by atoms with E-state index in [1.165, 1.54) is 0 Å². The number of anilines is 2. The highest BCUT2D eigenvalue weighted by Crippen LogP contribution is 2.35. The maximum Gasteiger partial charge on any atom is 0.343 e. The molecule has 176 valence electrons. The molecule has 0 fully saturated rings. The summed E-state index contributed by atoms with van der Waals surface area (Å²) in [6.45, 7) is 4.09. The third kappa shape index (κ3) is 5.50. The van der Waals surface area contributed by atoms with Crippen molar-refractivity contribution < 1.29 is 19.1 Å². The van der Waals surface area contributed by atoms with E-state index in [2.05, 4.69) is 0 Å². The summed E-state index contributed by atoms with van der Waals surface area (Å²) in [7, 11) is 0. The Morgan fingerprint density at radius 2 is 1.00 bits per heavy atom. The van der Waals surface area contributed by atoms with Crippen LogP contribution >= 0.6 is 0 Å². The van der Waals surface area contributed by atoms with E-state index in [1.54, 1.807) is 60.7 Å². The van der Waals surface area contributed by atoms with Gasteiger partial charge < -0.3 is 20.9 Å². The molecule has 0 atom stereocenters. The molecule has 0 saturated heterocycles. The molecule has 4 N–H and O–H groups in total. The molecule has 0 saturated carbocycles. The number of carbonyl (C=O) groups excluding carboxylic acids is 2. The fourth-order valence-corrected chi connectivity index (χ4v) is 3.73. The van der Waals surface area contributed by atoms with Gasteiger partial charge in [-0.2, -0.15) is 0 Å². The molecule has 0 bridgehead atoms. The smallest absolute Gasteiger partial charge is 0.343 e. The lowest BCUT2D eigenvalue weighted by atomic mass is 9.78. The Morgan fingerprint density at radius 3 is 1.40 bits per heavy atom. The van der Waals surface area contributed by atoms with Crippen LogP contribution in [0.5, 0.6) is 11.5 Å². The molecule has 0 spiro atoms. The first-order valence-corrected chi connectivity index (χ1v) is 11.1. The fourth-order valence-electron chi connectivity index (χ4n) is 3.73. The van der Waals surface area contributed by atoms with Crippen molar-refractivity contribution in [2.75, 3.05) is 11.5 Å². The van der Waals surface area contributed by atoms with E-state index in [0.717, 1.165) is 11.1 Å². The number of hydrogen-bond acceptors (Lipinski definition) is 6. The second-order valence-corrected chi connectivity index (χ2v) is 8.71. The topological polar surface area (TPSA) is 105 Å². The Labute approximate surface area is 204 Å². The van der Waals surface area contributed by atoms with Crippen LogP contribution in [0.3, 0.4) is 0 Å². The molecule has 4 aromatic carbocycles. The first-order valence-electron chi connectivity index (χ1n) is 11.1. The molecule has 4 rings (SSSR count). The quantitative estimate of drug-likeness (QED) is 0.217. The molecular formula is C29H26N2O4. The summed E-state index contributed by atoms with van der Waals surface area (Å²) in [5.74, 6) is -0.120. The van der Waals surface area contributed by atoms with Gasteiger partial charge in [0.25, 0.3) is 0 Å². The monoisotopic (exact) mass is 466 g/mol. The minimum Gasteiger partial charge on any atom is -0.423 e. The lowest BCUT2D eigenvalue weighted by Gasteiger charge is -2.27. The molecule has 0 aliphatic rings. The number of rotatable bonds is 6. The summed E-state index contributed by atoms with van der Waals surface area (Å²) in [5, 5.41) is 0. The van der Waals surface area contributed by atoms with Crippen molar-refractivity contribution >= 4 is 23.3 Å². The van der Waals surface area contributed by atoms with Crippen LogP contribution in [-0.4, -0.2) is 11.9 Å². The highest BCUT2D eigenvalue weighted by Gasteiger charge is 2.25. The van der Waals surface area contributed by atoms with E-state index in [0.29, 0.717) is 34.0 Å². The second-order valence-electron chi connectivity index (χ2n) is 8.71. The van der Waals surface area contributed by atoms with Gasteiger partial charge in [-0.05, 0) is 71.8 Å². The third-order valence-electron chi connectivity index (χ3n) is 5.78. The molecule has 0 unspecified atom stereocenters. The first kappa shape index (κ1) is 23.6. The third-order valence-corrected chi connectivity index (χ3v) is 5.78. The molecule has 0 radical (unpaired) electrons. The minimum atomic E-state index is -0.484. The highest BCUT2D eigenvalue weighted by atomic mass is 16.5. The Kier molecular flexibility index (Phi) is 6.55. The largest absolute Gasteiger partial charge is 0.423 e. The highest BCUT2D eigenvalue weighted by molar-refractivity contribution is 5.92. The van der Waals surface area contributed by atoms with Gasteiger partial charge >= 0.3 is 11.9 Å². The zero-order valence-corrected chi connectivity index (χ0v) is 19.5. The van der Waals surface area contributed by atoms with Gasteiger partial charge in [0, 0.05) is 16.8 Å². The van der Waals surface area contributed by atoms with Crippen LogP contribution in [0, 0.1) is 0 Å². The molecular weight excluding hydrogens is 440 g/mol. The van der Waals surface area contributed by atoms with E-state index in [9.17, 15) is 9.59 Å². The number of nitrogen functional groups attached to an aromatic ring is 2. The van der Waals surface area contributed by atoms with E-state index in [1.807, 2.05) is 50.2 Å². The van der Waals surface area contributed by atoms with Gasteiger partial charge in [-0.3, -0.25) is 0 Å². The number of carbonyl (C=O) groups is 2. The van der Waals surface area contributed by atoms with Gasteiger partial charge in [0.15, 0.2) is 0 Å². The summed E-state index contributed by atoms with van der Waals surface area (Å²) in [5.41, 5.74) is 14.7. The Morgan fingerprint density at radius 1 is 0.600 bits per heavy atom. The minimum absolute atomic E-state index is 0.379. The number of ether oxygens (including phenoxy) is 2. The summed E-state index contributed by atoms with van der Waals surface area (Å²) < 4.78 is 11.2. The van der Waals surface area contributed by atoms with Crippen LogP contribution < -0.4 is 20.9 Å². The van der Waals surface area contributed by atoms with Crippen molar-refractivity contribution in [2.24, 2.45) is 0 Å². The average molecular weight is 467 g/mol. The van der Waals surface area contributed by atoms with Crippen molar-refractivity contribution in [1.82, 2.24) is 0 Å². The van der Waals surface area contributed by atoms with Crippen molar-refractivity contribution in [3.8, 4) is 11.5 Å². The fraction of sp³-hybridized carbons (Fsp3) is 0.103. The van der Waals surface area contributed by atoms with Crippen molar-refractivity contribution in [2.45, 2.75) is 19.3 Å². The maximum absolute atomic E-state index is 12.5. The Balaban J connectivity index is 1.54. The van der Waals surface area contributed by atoms with Gasteiger partial charge in [-0.1, -0.05) is 50.2 Å². The first-order chi connectivity index (χ1) is 16.7. The van der Waals surface area contributed by atoms with Crippen LogP contribution in [0.15, 0.2) is 97.1 Å². The van der Waals surface area contributed by atoms with Crippen LogP contribution in [0.1, 0.15) is 45.7 Å². The molecule has 0 heterocycles. The lowest BCUT2D eigenvalue weighted by molar-refractivity contribution is 0.0725. The lowest BCUT2D eigenvalue weighted by Crippen LogP contribution is -2.19. The van der Waals surface area contributed by atoms with E-state index < -0.39 is 17.4 Å².